The van der Waals surface area contributed by atoms with Gasteiger partial charge in [-0.3, -0.25) is 14.4 Å². The molecular formula is C44H84O6. The summed E-state index contributed by atoms with van der Waals surface area (Å²) in [4.78, 5) is 37.5. The summed E-state index contributed by atoms with van der Waals surface area (Å²) in [5.41, 5.74) is 0. The van der Waals surface area contributed by atoms with Crippen LogP contribution in [0.5, 0.6) is 0 Å². The number of hydrogen-bond acceptors (Lipinski definition) is 6. The van der Waals surface area contributed by atoms with E-state index in [9.17, 15) is 14.4 Å². The molecule has 0 aromatic heterocycles. The molecule has 0 saturated heterocycles. The molecule has 0 saturated carbocycles. The van der Waals surface area contributed by atoms with Crippen molar-refractivity contribution in [1.29, 1.82) is 0 Å². The molecule has 0 unspecified atom stereocenters. The standard InChI is InChI=1S/C44H84O6/c1-4-7-10-13-16-18-19-20-21-22-23-24-26-29-32-35-38-44(47)50-41(39-48-42(45)36-33-30-27-15-12-9-6-3)40-49-43(46)37-34-31-28-25-17-14-11-8-5-2/h41H,4-40H2,1-3H3/t41-/m0/s1. The maximum Gasteiger partial charge on any atom is 0.306 e. The summed E-state index contributed by atoms with van der Waals surface area (Å²) in [7, 11) is 0. The number of esters is 3. The predicted molar refractivity (Wildman–Crippen MR) is 210 cm³/mol. The van der Waals surface area contributed by atoms with E-state index < -0.39 is 6.10 Å². The fourth-order valence-corrected chi connectivity index (χ4v) is 6.50. The van der Waals surface area contributed by atoms with Crippen LogP contribution in [0.15, 0.2) is 0 Å². The zero-order valence-electron chi connectivity index (χ0n) is 33.7. The van der Waals surface area contributed by atoms with Gasteiger partial charge in [0.25, 0.3) is 0 Å². The van der Waals surface area contributed by atoms with Crippen molar-refractivity contribution in [2.45, 2.75) is 252 Å². The molecule has 0 N–H and O–H groups in total. The van der Waals surface area contributed by atoms with Gasteiger partial charge in [-0.15, -0.1) is 0 Å². The van der Waals surface area contributed by atoms with E-state index >= 15 is 0 Å². The summed E-state index contributed by atoms with van der Waals surface area (Å²) in [5, 5.41) is 0. The van der Waals surface area contributed by atoms with E-state index in [1.807, 2.05) is 0 Å². The lowest BCUT2D eigenvalue weighted by Gasteiger charge is -2.18. The van der Waals surface area contributed by atoms with Crippen LogP contribution in [0.1, 0.15) is 245 Å². The monoisotopic (exact) mass is 709 g/mol. The SMILES string of the molecule is CCCCCCCCCCCCCCCCCCC(=O)O[C@@H](COC(=O)CCCCCCCCC)COC(=O)CCCCCCCCCCC. The largest absolute Gasteiger partial charge is 0.462 e. The lowest BCUT2D eigenvalue weighted by atomic mass is 10.0. The van der Waals surface area contributed by atoms with Crippen LogP contribution in [0.2, 0.25) is 0 Å². The van der Waals surface area contributed by atoms with E-state index in [0.717, 1.165) is 57.8 Å². The van der Waals surface area contributed by atoms with Crippen molar-refractivity contribution >= 4 is 17.9 Å². The molecule has 0 bridgehead atoms. The minimum absolute atomic E-state index is 0.0638. The van der Waals surface area contributed by atoms with Gasteiger partial charge < -0.3 is 14.2 Å². The highest BCUT2D eigenvalue weighted by Gasteiger charge is 2.19. The van der Waals surface area contributed by atoms with E-state index in [2.05, 4.69) is 20.8 Å². The van der Waals surface area contributed by atoms with Gasteiger partial charge in [-0.05, 0) is 19.3 Å². The van der Waals surface area contributed by atoms with Gasteiger partial charge in [0.15, 0.2) is 6.10 Å². The van der Waals surface area contributed by atoms with Gasteiger partial charge in [-0.25, -0.2) is 0 Å². The van der Waals surface area contributed by atoms with Crippen LogP contribution >= 0.6 is 0 Å². The predicted octanol–water partition coefficient (Wildman–Crippen LogP) is 13.7. The zero-order valence-corrected chi connectivity index (χ0v) is 33.7. The van der Waals surface area contributed by atoms with Crippen LogP contribution in [0.3, 0.4) is 0 Å². The molecule has 0 aliphatic heterocycles. The Morgan fingerprint density at radius 1 is 0.320 bits per heavy atom. The van der Waals surface area contributed by atoms with E-state index in [1.54, 1.807) is 0 Å². The lowest BCUT2D eigenvalue weighted by molar-refractivity contribution is -0.167. The third-order valence-electron chi connectivity index (χ3n) is 9.86. The zero-order chi connectivity index (χ0) is 36.6. The molecule has 296 valence electrons. The topological polar surface area (TPSA) is 78.9 Å². The maximum absolute atomic E-state index is 12.7. The smallest absolute Gasteiger partial charge is 0.306 e. The average Bonchev–Trinajstić information content (AvgIpc) is 3.11. The highest BCUT2D eigenvalue weighted by Crippen LogP contribution is 2.15. The fraction of sp³-hybridized carbons (Fsp3) is 0.932. The number of carbonyl (C=O) groups is 3. The first-order valence-corrected chi connectivity index (χ1v) is 22.0. The molecule has 50 heavy (non-hydrogen) atoms. The molecule has 6 heteroatoms. The molecule has 1 atom stereocenters. The molecule has 0 aliphatic carbocycles. The van der Waals surface area contributed by atoms with Crippen molar-refractivity contribution in [3.05, 3.63) is 0 Å². The number of hydrogen-bond donors (Lipinski definition) is 0. The van der Waals surface area contributed by atoms with Crippen LogP contribution in [-0.2, 0) is 28.6 Å². The van der Waals surface area contributed by atoms with Crippen LogP contribution in [0.25, 0.3) is 0 Å². The maximum atomic E-state index is 12.7. The van der Waals surface area contributed by atoms with Gasteiger partial charge in [-0.2, -0.15) is 0 Å². The molecule has 6 nitrogen and oxygen atoms in total. The Morgan fingerprint density at radius 3 is 0.800 bits per heavy atom. The fourth-order valence-electron chi connectivity index (χ4n) is 6.50. The van der Waals surface area contributed by atoms with Crippen LogP contribution in [-0.4, -0.2) is 37.2 Å². The quantitative estimate of drug-likeness (QED) is 0.0358. The van der Waals surface area contributed by atoms with E-state index in [1.165, 1.54) is 148 Å². The van der Waals surface area contributed by atoms with Crippen molar-refractivity contribution in [3.63, 3.8) is 0 Å². The van der Waals surface area contributed by atoms with E-state index in [0.29, 0.717) is 19.3 Å². The normalized spacial score (nSPS) is 11.8. The Hall–Kier alpha value is -1.59. The van der Waals surface area contributed by atoms with Gasteiger partial charge in [0.05, 0.1) is 0 Å². The summed E-state index contributed by atoms with van der Waals surface area (Å²) < 4.78 is 16.6. The van der Waals surface area contributed by atoms with Gasteiger partial charge in [0, 0.05) is 19.3 Å². The molecule has 0 radical (unpaired) electrons. The second-order valence-electron chi connectivity index (χ2n) is 15.0. The van der Waals surface area contributed by atoms with Gasteiger partial charge in [0.1, 0.15) is 13.2 Å². The molecule has 0 rings (SSSR count). The van der Waals surface area contributed by atoms with Crippen molar-refractivity contribution in [3.8, 4) is 0 Å². The van der Waals surface area contributed by atoms with E-state index in [4.69, 9.17) is 14.2 Å². The first-order valence-electron chi connectivity index (χ1n) is 22.0. The molecular weight excluding hydrogens is 624 g/mol. The first kappa shape index (κ1) is 48.4. The molecule has 0 aromatic carbocycles. The van der Waals surface area contributed by atoms with Gasteiger partial charge in [0.2, 0.25) is 0 Å². The van der Waals surface area contributed by atoms with Crippen LogP contribution < -0.4 is 0 Å². The summed E-state index contributed by atoms with van der Waals surface area (Å²) in [6.45, 7) is 6.59. The van der Waals surface area contributed by atoms with Crippen molar-refractivity contribution in [1.82, 2.24) is 0 Å². The summed E-state index contributed by atoms with van der Waals surface area (Å²) in [6.07, 6.45) is 39.5. The Balaban J connectivity index is 4.23. The number of unbranched alkanes of at least 4 members (excludes halogenated alkanes) is 29. The third-order valence-corrected chi connectivity index (χ3v) is 9.86. The third kappa shape index (κ3) is 37.7. The van der Waals surface area contributed by atoms with Gasteiger partial charge in [-0.1, -0.05) is 207 Å². The molecule has 0 aliphatic rings. The summed E-state index contributed by atoms with van der Waals surface area (Å²) in [5.74, 6) is -0.863. The van der Waals surface area contributed by atoms with Gasteiger partial charge >= 0.3 is 17.9 Å². The van der Waals surface area contributed by atoms with Crippen molar-refractivity contribution in [2.24, 2.45) is 0 Å². The molecule has 0 spiro atoms. The number of carbonyl (C=O) groups excluding carboxylic acids is 3. The Bertz CT molecular complexity index is 738. The van der Waals surface area contributed by atoms with E-state index in [-0.39, 0.29) is 31.1 Å². The number of rotatable bonds is 40. The average molecular weight is 709 g/mol. The Morgan fingerprint density at radius 2 is 0.540 bits per heavy atom. The molecule has 0 aromatic rings. The molecule has 0 heterocycles. The van der Waals surface area contributed by atoms with Crippen LogP contribution in [0.4, 0.5) is 0 Å². The summed E-state index contributed by atoms with van der Waals surface area (Å²) >= 11 is 0. The first-order chi connectivity index (χ1) is 24.5. The minimum atomic E-state index is -0.756. The number of ether oxygens (including phenoxy) is 3. The summed E-state index contributed by atoms with van der Waals surface area (Å²) in [6, 6.07) is 0. The van der Waals surface area contributed by atoms with Crippen molar-refractivity contribution in [2.75, 3.05) is 13.2 Å². The highest BCUT2D eigenvalue weighted by molar-refractivity contribution is 5.71. The Kier molecular flexibility index (Phi) is 38.9. The second-order valence-corrected chi connectivity index (χ2v) is 15.0. The molecule has 0 amide bonds. The minimum Gasteiger partial charge on any atom is -0.462 e. The second kappa shape index (κ2) is 40.2. The van der Waals surface area contributed by atoms with Crippen molar-refractivity contribution < 1.29 is 28.6 Å². The lowest BCUT2D eigenvalue weighted by Crippen LogP contribution is -2.30. The highest BCUT2D eigenvalue weighted by atomic mass is 16.6. The van der Waals surface area contributed by atoms with Crippen LogP contribution in [0, 0.1) is 0 Å². The molecule has 0 fully saturated rings. The Labute approximate surface area is 310 Å².